The van der Waals surface area contributed by atoms with Gasteiger partial charge in [0.2, 0.25) is 0 Å². The lowest BCUT2D eigenvalue weighted by Crippen LogP contribution is -2.53. The predicted octanol–water partition coefficient (Wildman–Crippen LogP) is 2.44. The molecule has 114 valence electrons. The second kappa shape index (κ2) is 5.76. The number of amides is 1. The molecule has 0 aliphatic carbocycles. The third kappa shape index (κ3) is 2.60. The molecule has 1 aliphatic rings. The van der Waals surface area contributed by atoms with Crippen LogP contribution in [0.4, 0.5) is 5.69 Å². The van der Waals surface area contributed by atoms with E-state index in [0.717, 1.165) is 12.0 Å². The van der Waals surface area contributed by atoms with E-state index in [1.54, 1.807) is 12.1 Å². The Hall–Kier alpha value is -2.04. The molecule has 3 N–H and O–H groups in total. The van der Waals surface area contributed by atoms with Crippen LogP contribution in [0.1, 0.15) is 48.5 Å². The van der Waals surface area contributed by atoms with E-state index in [4.69, 9.17) is 5.73 Å². The van der Waals surface area contributed by atoms with Gasteiger partial charge in [-0.15, -0.1) is 0 Å². The molecule has 1 saturated heterocycles. The van der Waals surface area contributed by atoms with E-state index in [1.165, 1.54) is 4.90 Å². The van der Waals surface area contributed by atoms with Gasteiger partial charge in [0.1, 0.15) is 5.54 Å². The SMILES string of the molecule is CCCC1(C(=O)O)CCCN1C(=O)c1cc(C)ccc1N. The first-order valence-electron chi connectivity index (χ1n) is 7.34. The summed E-state index contributed by atoms with van der Waals surface area (Å²) in [4.78, 5) is 26.1. The number of nitrogens with zero attached hydrogens (tertiary/aromatic N) is 1. The highest BCUT2D eigenvalue weighted by Crippen LogP contribution is 2.36. The van der Waals surface area contributed by atoms with Crippen LogP contribution in [-0.4, -0.2) is 34.0 Å². The van der Waals surface area contributed by atoms with Crippen LogP contribution >= 0.6 is 0 Å². The minimum Gasteiger partial charge on any atom is -0.479 e. The van der Waals surface area contributed by atoms with E-state index in [0.29, 0.717) is 37.1 Å². The summed E-state index contributed by atoms with van der Waals surface area (Å²) < 4.78 is 0. The molecule has 1 amide bonds. The number of hydrogen-bond acceptors (Lipinski definition) is 3. The summed E-state index contributed by atoms with van der Waals surface area (Å²) in [7, 11) is 0. The topological polar surface area (TPSA) is 83.6 Å². The maximum atomic E-state index is 12.8. The Morgan fingerprint density at radius 2 is 2.14 bits per heavy atom. The smallest absolute Gasteiger partial charge is 0.329 e. The summed E-state index contributed by atoms with van der Waals surface area (Å²) in [5.74, 6) is -1.19. The highest BCUT2D eigenvalue weighted by Gasteiger charge is 2.49. The van der Waals surface area contributed by atoms with E-state index in [2.05, 4.69) is 0 Å². The van der Waals surface area contributed by atoms with Crippen LogP contribution in [0.25, 0.3) is 0 Å². The summed E-state index contributed by atoms with van der Waals surface area (Å²) in [6, 6.07) is 5.27. The zero-order chi connectivity index (χ0) is 15.6. The van der Waals surface area contributed by atoms with E-state index in [-0.39, 0.29) is 5.91 Å². The molecule has 1 atom stereocenters. The van der Waals surface area contributed by atoms with Crippen molar-refractivity contribution in [1.29, 1.82) is 0 Å². The molecule has 2 rings (SSSR count). The minimum absolute atomic E-state index is 0.274. The number of benzene rings is 1. The van der Waals surface area contributed by atoms with Gasteiger partial charge in [-0.05, 0) is 38.3 Å². The second-order valence-corrected chi connectivity index (χ2v) is 5.74. The van der Waals surface area contributed by atoms with Gasteiger partial charge in [-0.1, -0.05) is 25.0 Å². The van der Waals surface area contributed by atoms with Crippen molar-refractivity contribution in [3.8, 4) is 0 Å². The van der Waals surface area contributed by atoms with Gasteiger partial charge >= 0.3 is 5.97 Å². The Kier molecular flexibility index (Phi) is 4.21. The lowest BCUT2D eigenvalue weighted by atomic mass is 9.90. The van der Waals surface area contributed by atoms with Crippen LogP contribution in [0.5, 0.6) is 0 Å². The van der Waals surface area contributed by atoms with Crippen LogP contribution in [0, 0.1) is 6.92 Å². The summed E-state index contributed by atoms with van der Waals surface area (Å²) >= 11 is 0. The summed E-state index contributed by atoms with van der Waals surface area (Å²) in [5.41, 5.74) is 6.55. The zero-order valence-electron chi connectivity index (χ0n) is 12.6. The van der Waals surface area contributed by atoms with Crippen LogP contribution in [-0.2, 0) is 4.79 Å². The molecule has 5 nitrogen and oxygen atoms in total. The number of anilines is 1. The summed E-state index contributed by atoms with van der Waals surface area (Å²) in [5, 5.41) is 9.66. The Bertz CT molecular complexity index is 571. The Labute approximate surface area is 124 Å². The van der Waals surface area contributed by atoms with Crippen molar-refractivity contribution in [1.82, 2.24) is 4.90 Å². The normalized spacial score (nSPS) is 21.5. The third-order valence-corrected chi connectivity index (χ3v) is 4.23. The molecule has 0 aromatic heterocycles. The highest BCUT2D eigenvalue weighted by atomic mass is 16.4. The van der Waals surface area contributed by atoms with Gasteiger partial charge in [0.15, 0.2) is 0 Å². The first-order valence-corrected chi connectivity index (χ1v) is 7.34. The molecular formula is C16H22N2O3. The maximum absolute atomic E-state index is 12.8. The Morgan fingerprint density at radius 3 is 2.76 bits per heavy atom. The average molecular weight is 290 g/mol. The molecule has 0 radical (unpaired) electrons. The average Bonchev–Trinajstić information content (AvgIpc) is 2.86. The molecule has 1 aromatic carbocycles. The molecule has 1 aliphatic heterocycles. The van der Waals surface area contributed by atoms with Crippen LogP contribution < -0.4 is 5.73 Å². The number of likely N-dealkylation sites (tertiary alicyclic amines) is 1. The molecule has 21 heavy (non-hydrogen) atoms. The number of carbonyl (C=O) groups excluding carboxylic acids is 1. The zero-order valence-corrected chi connectivity index (χ0v) is 12.6. The van der Waals surface area contributed by atoms with Gasteiger partial charge in [-0.25, -0.2) is 4.79 Å². The van der Waals surface area contributed by atoms with Crippen molar-refractivity contribution in [2.45, 2.75) is 45.1 Å². The molecule has 1 fully saturated rings. The lowest BCUT2D eigenvalue weighted by molar-refractivity contribution is -0.148. The fraction of sp³-hybridized carbons (Fsp3) is 0.500. The van der Waals surface area contributed by atoms with Crippen molar-refractivity contribution >= 4 is 17.6 Å². The minimum atomic E-state index is -1.08. The van der Waals surface area contributed by atoms with Crippen LogP contribution in [0.3, 0.4) is 0 Å². The number of carboxylic acids is 1. The van der Waals surface area contributed by atoms with E-state index >= 15 is 0 Å². The molecule has 0 spiro atoms. The van der Waals surface area contributed by atoms with Crippen LogP contribution in [0.15, 0.2) is 18.2 Å². The fourth-order valence-corrected chi connectivity index (χ4v) is 3.18. The number of rotatable bonds is 4. The number of aryl methyl sites for hydroxylation is 1. The number of carboxylic acid groups (broad SMARTS) is 1. The van der Waals surface area contributed by atoms with Crippen molar-refractivity contribution in [3.05, 3.63) is 29.3 Å². The van der Waals surface area contributed by atoms with E-state index in [1.807, 2.05) is 19.9 Å². The van der Waals surface area contributed by atoms with Gasteiger partial charge < -0.3 is 15.7 Å². The standard InChI is InChI=1S/C16H22N2O3/c1-3-7-16(15(20)21)8-4-9-18(16)14(19)12-10-11(2)5-6-13(12)17/h5-6,10H,3-4,7-9,17H2,1-2H3,(H,20,21). The number of nitrogen functional groups attached to an aromatic ring is 1. The molecular weight excluding hydrogens is 268 g/mol. The lowest BCUT2D eigenvalue weighted by Gasteiger charge is -2.35. The largest absolute Gasteiger partial charge is 0.479 e. The van der Waals surface area contributed by atoms with Gasteiger partial charge in [0, 0.05) is 12.2 Å². The first kappa shape index (κ1) is 15.4. The van der Waals surface area contributed by atoms with Gasteiger partial charge in [-0.2, -0.15) is 0 Å². The van der Waals surface area contributed by atoms with Gasteiger partial charge in [-0.3, -0.25) is 4.79 Å². The molecule has 1 heterocycles. The summed E-state index contributed by atoms with van der Waals surface area (Å²) in [6.07, 6.45) is 2.41. The van der Waals surface area contributed by atoms with Crippen molar-refractivity contribution in [3.63, 3.8) is 0 Å². The molecule has 1 unspecified atom stereocenters. The van der Waals surface area contributed by atoms with Crippen LogP contribution in [0.2, 0.25) is 0 Å². The van der Waals surface area contributed by atoms with Crippen molar-refractivity contribution in [2.75, 3.05) is 12.3 Å². The molecule has 0 bridgehead atoms. The first-order chi connectivity index (χ1) is 9.92. The van der Waals surface area contributed by atoms with Gasteiger partial charge in [0.25, 0.3) is 5.91 Å². The third-order valence-electron chi connectivity index (χ3n) is 4.23. The summed E-state index contributed by atoms with van der Waals surface area (Å²) in [6.45, 7) is 4.29. The fourth-order valence-electron chi connectivity index (χ4n) is 3.18. The number of hydrogen-bond donors (Lipinski definition) is 2. The number of aliphatic carboxylic acids is 1. The highest BCUT2D eigenvalue weighted by molar-refractivity contribution is 6.02. The number of carbonyl (C=O) groups is 2. The predicted molar refractivity (Wildman–Crippen MR) is 81.1 cm³/mol. The number of nitrogens with two attached hydrogens (primary N) is 1. The van der Waals surface area contributed by atoms with Crippen molar-refractivity contribution in [2.24, 2.45) is 0 Å². The van der Waals surface area contributed by atoms with E-state index < -0.39 is 11.5 Å². The van der Waals surface area contributed by atoms with Crippen molar-refractivity contribution < 1.29 is 14.7 Å². The van der Waals surface area contributed by atoms with Gasteiger partial charge in [0.05, 0.1) is 5.56 Å². The van der Waals surface area contributed by atoms with E-state index in [9.17, 15) is 14.7 Å². The second-order valence-electron chi connectivity index (χ2n) is 5.74. The monoisotopic (exact) mass is 290 g/mol. The quantitative estimate of drug-likeness (QED) is 0.834. The molecule has 5 heteroatoms. The maximum Gasteiger partial charge on any atom is 0.329 e. The molecule has 0 saturated carbocycles. The Balaban J connectivity index is 2.41. The Morgan fingerprint density at radius 1 is 1.43 bits per heavy atom. The molecule has 1 aromatic rings.